The number of halogens is 2. The summed E-state index contributed by atoms with van der Waals surface area (Å²) in [6.07, 6.45) is 0. The number of hydrogen-bond acceptors (Lipinski definition) is 6. The van der Waals surface area contributed by atoms with E-state index in [-0.39, 0.29) is 29.6 Å². The number of benzene rings is 2. The van der Waals surface area contributed by atoms with Crippen molar-refractivity contribution in [2.24, 2.45) is 0 Å². The highest BCUT2D eigenvalue weighted by Crippen LogP contribution is 2.30. The Balaban J connectivity index is 2.02. The number of hydrogen-bond donors (Lipinski definition) is 2. The third kappa shape index (κ3) is 3.23. The lowest BCUT2D eigenvalue weighted by molar-refractivity contribution is 0.274. The highest BCUT2D eigenvalue weighted by atomic mass is 19.1. The number of nitrogen functional groups attached to an aromatic ring is 2. The Labute approximate surface area is 147 Å². The normalized spacial score (nSPS) is 10.3. The van der Waals surface area contributed by atoms with E-state index in [1.54, 1.807) is 24.3 Å². The first-order valence-corrected chi connectivity index (χ1v) is 7.49. The second kappa shape index (κ2) is 7.03. The highest BCUT2D eigenvalue weighted by Gasteiger charge is 2.17. The standard InChI is InChI=1S/C18H13F2N5O/c19-13-6-3-7-14(20)16(13)26-9-10-4-1-2-5-11(10)15-12(8-21)17(22)25-18(23)24-15/h1-7H,9H2,(H4,22,23,24,25). The topological polar surface area (TPSA) is 111 Å². The van der Waals surface area contributed by atoms with Gasteiger partial charge in [-0.15, -0.1) is 0 Å². The lowest BCUT2D eigenvalue weighted by Gasteiger charge is -2.13. The Hall–Kier alpha value is -3.73. The molecule has 1 aromatic heterocycles. The Kier molecular flexibility index (Phi) is 4.62. The van der Waals surface area contributed by atoms with Crippen LogP contribution >= 0.6 is 0 Å². The first-order valence-electron chi connectivity index (χ1n) is 7.49. The first-order chi connectivity index (χ1) is 12.5. The number of nitrogens with zero attached hydrogens (tertiary/aromatic N) is 3. The fourth-order valence-electron chi connectivity index (χ4n) is 2.45. The molecule has 1 heterocycles. The van der Waals surface area contributed by atoms with Gasteiger partial charge in [-0.05, 0) is 17.7 Å². The van der Waals surface area contributed by atoms with Crippen LogP contribution in [0.2, 0.25) is 0 Å². The zero-order chi connectivity index (χ0) is 18.7. The van der Waals surface area contributed by atoms with Gasteiger partial charge < -0.3 is 16.2 Å². The molecule has 3 rings (SSSR count). The maximum atomic E-state index is 13.7. The Morgan fingerprint density at radius 2 is 1.69 bits per heavy atom. The van der Waals surface area contributed by atoms with Crippen molar-refractivity contribution in [3.63, 3.8) is 0 Å². The van der Waals surface area contributed by atoms with Gasteiger partial charge in [0.25, 0.3) is 0 Å². The predicted molar refractivity (Wildman–Crippen MR) is 91.7 cm³/mol. The molecule has 0 aliphatic carbocycles. The number of anilines is 2. The summed E-state index contributed by atoms with van der Waals surface area (Å²) >= 11 is 0. The molecular weight excluding hydrogens is 340 g/mol. The van der Waals surface area contributed by atoms with Crippen LogP contribution in [-0.2, 0) is 6.61 Å². The minimum Gasteiger partial charge on any atom is -0.483 e. The molecule has 0 aliphatic heterocycles. The summed E-state index contributed by atoms with van der Waals surface area (Å²) in [7, 11) is 0. The minimum absolute atomic E-state index is 0.0501. The molecule has 0 spiro atoms. The fraction of sp³-hybridized carbons (Fsp3) is 0.0556. The van der Waals surface area contributed by atoms with Crippen LogP contribution in [-0.4, -0.2) is 9.97 Å². The second-order valence-electron chi connectivity index (χ2n) is 5.30. The summed E-state index contributed by atoms with van der Waals surface area (Å²) in [5.41, 5.74) is 12.7. The Morgan fingerprint density at radius 1 is 1.00 bits per heavy atom. The number of rotatable bonds is 4. The average Bonchev–Trinajstić information content (AvgIpc) is 2.61. The maximum absolute atomic E-state index is 13.7. The summed E-state index contributed by atoms with van der Waals surface area (Å²) in [6, 6.07) is 12.2. The van der Waals surface area contributed by atoms with Gasteiger partial charge in [0.1, 0.15) is 24.1 Å². The molecule has 2 aromatic carbocycles. The van der Waals surface area contributed by atoms with Crippen LogP contribution in [0.4, 0.5) is 20.5 Å². The predicted octanol–water partition coefficient (Wildman–Crippen LogP) is 3.04. The van der Waals surface area contributed by atoms with Crippen molar-refractivity contribution < 1.29 is 13.5 Å². The molecule has 0 unspecified atom stereocenters. The van der Waals surface area contributed by atoms with Gasteiger partial charge in [-0.2, -0.15) is 10.2 Å². The molecule has 130 valence electrons. The van der Waals surface area contributed by atoms with Crippen molar-refractivity contribution in [1.29, 1.82) is 5.26 Å². The molecule has 8 heteroatoms. The summed E-state index contributed by atoms with van der Waals surface area (Å²) < 4.78 is 32.8. The van der Waals surface area contributed by atoms with Crippen molar-refractivity contribution in [1.82, 2.24) is 9.97 Å². The molecule has 0 bridgehead atoms. The largest absolute Gasteiger partial charge is 0.483 e. The highest BCUT2D eigenvalue weighted by molar-refractivity contribution is 5.75. The molecule has 4 N–H and O–H groups in total. The van der Waals surface area contributed by atoms with Gasteiger partial charge in [0.2, 0.25) is 5.95 Å². The third-order valence-electron chi connectivity index (χ3n) is 3.63. The molecular formula is C18H13F2N5O. The smallest absolute Gasteiger partial charge is 0.222 e. The van der Waals surface area contributed by atoms with Crippen molar-refractivity contribution in [3.05, 3.63) is 65.2 Å². The monoisotopic (exact) mass is 353 g/mol. The van der Waals surface area contributed by atoms with Gasteiger partial charge in [0, 0.05) is 5.56 Å². The molecule has 3 aromatic rings. The lowest BCUT2D eigenvalue weighted by atomic mass is 10.0. The van der Waals surface area contributed by atoms with Gasteiger partial charge in [0.05, 0.1) is 5.69 Å². The van der Waals surface area contributed by atoms with Crippen LogP contribution in [0.1, 0.15) is 11.1 Å². The van der Waals surface area contributed by atoms with E-state index in [1.807, 2.05) is 6.07 Å². The minimum atomic E-state index is -0.810. The van der Waals surface area contributed by atoms with Crippen LogP contribution in [0.25, 0.3) is 11.3 Å². The summed E-state index contributed by atoms with van der Waals surface area (Å²) in [5, 5.41) is 9.34. The van der Waals surface area contributed by atoms with E-state index in [4.69, 9.17) is 16.2 Å². The molecule has 26 heavy (non-hydrogen) atoms. The van der Waals surface area contributed by atoms with E-state index < -0.39 is 17.4 Å². The van der Waals surface area contributed by atoms with Crippen LogP contribution in [0.15, 0.2) is 42.5 Å². The van der Waals surface area contributed by atoms with Crippen molar-refractivity contribution in [3.8, 4) is 23.1 Å². The van der Waals surface area contributed by atoms with E-state index in [0.29, 0.717) is 11.1 Å². The molecule has 6 nitrogen and oxygen atoms in total. The SMILES string of the molecule is N#Cc1c(N)nc(N)nc1-c1ccccc1COc1c(F)cccc1F. The Morgan fingerprint density at radius 3 is 2.38 bits per heavy atom. The van der Waals surface area contributed by atoms with Crippen molar-refractivity contribution in [2.75, 3.05) is 11.5 Å². The zero-order valence-corrected chi connectivity index (χ0v) is 13.4. The number of nitriles is 1. The van der Waals surface area contributed by atoms with Crippen molar-refractivity contribution in [2.45, 2.75) is 6.61 Å². The van der Waals surface area contributed by atoms with E-state index in [0.717, 1.165) is 12.1 Å². The van der Waals surface area contributed by atoms with Gasteiger partial charge in [-0.25, -0.2) is 13.8 Å². The zero-order valence-electron chi connectivity index (χ0n) is 13.4. The van der Waals surface area contributed by atoms with Crippen LogP contribution < -0.4 is 16.2 Å². The van der Waals surface area contributed by atoms with E-state index in [9.17, 15) is 14.0 Å². The number of para-hydroxylation sites is 1. The van der Waals surface area contributed by atoms with Crippen LogP contribution in [0.3, 0.4) is 0 Å². The van der Waals surface area contributed by atoms with Crippen LogP contribution in [0.5, 0.6) is 5.75 Å². The molecule has 0 aliphatic rings. The average molecular weight is 353 g/mol. The molecule has 0 saturated heterocycles. The van der Waals surface area contributed by atoms with Gasteiger partial charge >= 0.3 is 0 Å². The van der Waals surface area contributed by atoms with E-state index >= 15 is 0 Å². The number of aromatic nitrogens is 2. The molecule has 0 atom stereocenters. The van der Waals surface area contributed by atoms with Gasteiger partial charge in [-0.1, -0.05) is 30.3 Å². The summed E-state index contributed by atoms with van der Waals surface area (Å²) in [6.45, 7) is -0.150. The first kappa shape index (κ1) is 17.1. The maximum Gasteiger partial charge on any atom is 0.222 e. The summed E-state index contributed by atoms with van der Waals surface area (Å²) in [5.74, 6) is -2.24. The molecule has 0 fully saturated rings. The van der Waals surface area contributed by atoms with Crippen molar-refractivity contribution >= 4 is 11.8 Å². The third-order valence-corrected chi connectivity index (χ3v) is 3.63. The Bertz CT molecular complexity index is 997. The van der Waals surface area contributed by atoms with Gasteiger partial charge in [-0.3, -0.25) is 0 Å². The molecule has 0 radical (unpaired) electrons. The van der Waals surface area contributed by atoms with Crippen LogP contribution in [0, 0.1) is 23.0 Å². The number of nitrogens with two attached hydrogens (primary N) is 2. The summed E-state index contributed by atoms with van der Waals surface area (Å²) in [4.78, 5) is 7.85. The van der Waals surface area contributed by atoms with Gasteiger partial charge in [0.15, 0.2) is 17.4 Å². The fourth-order valence-corrected chi connectivity index (χ4v) is 2.45. The number of ether oxygens (including phenoxy) is 1. The second-order valence-corrected chi connectivity index (χ2v) is 5.30. The van der Waals surface area contributed by atoms with E-state index in [1.165, 1.54) is 6.07 Å². The quantitative estimate of drug-likeness (QED) is 0.746. The lowest BCUT2D eigenvalue weighted by Crippen LogP contribution is -2.07. The molecule has 0 saturated carbocycles. The molecule has 0 amide bonds. The van der Waals surface area contributed by atoms with E-state index in [2.05, 4.69) is 9.97 Å².